The summed E-state index contributed by atoms with van der Waals surface area (Å²) in [4.78, 5) is 11.0. The summed E-state index contributed by atoms with van der Waals surface area (Å²) in [6.07, 6.45) is 1.74. The monoisotopic (exact) mass is 290 g/mol. The van der Waals surface area contributed by atoms with E-state index in [4.69, 9.17) is 34.8 Å². The number of alkyl halides is 3. The van der Waals surface area contributed by atoms with E-state index in [0.29, 0.717) is 6.54 Å². The summed E-state index contributed by atoms with van der Waals surface area (Å²) in [5.41, 5.74) is 0. The summed E-state index contributed by atoms with van der Waals surface area (Å²) in [6.45, 7) is 2.76. The maximum absolute atomic E-state index is 11.0. The minimum absolute atomic E-state index is 0.640. The maximum Gasteiger partial charge on any atom is 0.408 e. The quantitative estimate of drug-likeness (QED) is 0.449. The summed E-state index contributed by atoms with van der Waals surface area (Å²) in [7, 11) is 1.25. The maximum atomic E-state index is 11.0. The Morgan fingerprint density at radius 2 is 2.00 bits per heavy atom. The molecule has 0 saturated carbocycles. The van der Waals surface area contributed by atoms with Gasteiger partial charge in [-0.05, 0) is 13.0 Å². The standard InChI is InChI=1S/C9H17Cl3N2O2/c1-3-4-5-6-13-7(9(10,11)12)14-8(15)16-2/h7,13H,3-6H2,1-2H3,(H,14,15). The van der Waals surface area contributed by atoms with E-state index in [-0.39, 0.29) is 0 Å². The van der Waals surface area contributed by atoms with Gasteiger partial charge in [-0.15, -0.1) is 0 Å². The van der Waals surface area contributed by atoms with Gasteiger partial charge >= 0.3 is 6.09 Å². The van der Waals surface area contributed by atoms with E-state index in [0.717, 1.165) is 19.3 Å². The lowest BCUT2D eigenvalue weighted by atomic mass is 10.2. The number of halogens is 3. The zero-order valence-corrected chi connectivity index (χ0v) is 11.6. The molecule has 0 aliphatic carbocycles. The second-order valence-electron chi connectivity index (χ2n) is 3.27. The molecule has 0 aromatic rings. The third kappa shape index (κ3) is 7.39. The van der Waals surface area contributed by atoms with E-state index in [1.54, 1.807) is 0 Å². The Labute approximate surface area is 111 Å². The minimum atomic E-state index is -1.61. The number of amides is 1. The number of ether oxygens (including phenoxy) is 1. The first-order chi connectivity index (χ1) is 7.41. The highest BCUT2D eigenvalue weighted by Gasteiger charge is 2.33. The van der Waals surface area contributed by atoms with E-state index < -0.39 is 16.1 Å². The number of carbonyl (C=O) groups excluding carboxylic acids is 1. The number of alkyl carbamates (subject to hydrolysis) is 1. The Hall–Kier alpha value is 0.1000. The molecule has 0 rings (SSSR count). The molecule has 0 bridgehead atoms. The second-order valence-corrected chi connectivity index (χ2v) is 5.64. The Balaban J connectivity index is 4.07. The van der Waals surface area contributed by atoms with Gasteiger partial charge in [0.05, 0.1) is 7.11 Å². The van der Waals surface area contributed by atoms with E-state index >= 15 is 0 Å². The van der Waals surface area contributed by atoms with Crippen molar-refractivity contribution in [1.29, 1.82) is 0 Å². The fourth-order valence-corrected chi connectivity index (χ4v) is 1.44. The van der Waals surface area contributed by atoms with Crippen molar-refractivity contribution in [3.63, 3.8) is 0 Å². The van der Waals surface area contributed by atoms with Crippen LogP contribution in [0.1, 0.15) is 26.2 Å². The average Bonchev–Trinajstić information content (AvgIpc) is 2.20. The Bertz CT molecular complexity index is 209. The number of nitrogens with one attached hydrogen (secondary N) is 2. The van der Waals surface area contributed by atoms with Crippen LogP contribution in [0.5, 0.6) is 0 Å². The molecule has 0 aromatic carbocycles. The molecule has 16 heavy (non-hydrogen) atoms. The van der Waals surface area contributed by atoms with Crippen molar-refractivity contribution >= 4 is 40.9 Å². The van der Waals surface area contributed by atoms with Gasteiger partial charge in [-0.3, -0.25) is 5.32 Å². The van der Waals surface area contributed by atoms with Crippen LogP contribution in [0.3, 0.4) is 0 Å². The van der Waals surface area contributed by atoms with Crippen molar-refractivity contribution in [2.75, 3.05) is 13.7 Å². The molecular weight excluding hydrogens is 274 g/mol. The summed E-state index contributed by atoms with van der Waals surface area (Å²) in [6, 6.07) is 0. The molecule has 96 valence electrons. The predicted octanol–water partition coefficient (Wildman–Crippen LogP) is 2.82. The minimum Gasteiger partial charge on any atom is -0.453 e. The molecule has 2 N–H and O–H groups in total. The molecule has 1 amide bonds. The number of carbonyl (C=O) groups is 1. The molecule has 0 aliphatic rings. The van der Waals surface area contributed by atoms with Crippen molar-refractivity contribution in [1.82, 2.24) is 10.6 Å². The molecular formula is C9H17Cl3N2O2. The number of methoxy groups -OCH3 is 1. The molecule has 0 fully saturated rings. The highest BCUT2D eigenvalue weighted by atomic mass is 35.6. The number of hydrogen-bond donors (Lipinski definition) is 2. The van der Waals surface area contributed by atoms with Crippen molar-refractivity contribution in [3.05, 3.63) is 0 Å². The second kappa shape index (κ2) is 8.23. The van der Waals surface area contributed by atoms with Gasteiger partial charge in [0.2, 0.25) is 3.79 Å². The fraction of sp³-hybridized carbons (Fsp3) is 0.889. The lowest BCUT2D eigenvalue weighted by Crippen LogP contribution is -2.53. The molecule has 7 heteroatoms. The zero-order chi connectivity index (χ0) is 12.6. The van der Waals surface area contributed by atoms with Gasteiger partial charge in [-0.25, -0.2) is 4.79 Å². The van der Waals surface area contributed by atoms with Crippen LogP contribution in [0.2, 0.25) is 0 Å². The van der Waals surface area contributed by atoms with Crippen LogP contribution in [-0.4, -0.2) is 29.7 Å². The van der Waals surface area contributed by atoms with Crippen molar-refractivity contribution in [3.8, 4) is 0 Å². The third-order valence-corrected chi connectivity index (χ3v) is 2.56. The van der Waals surface area contributed by atoms with E-state index in [1.807, 2.05) is 0 Å². The van der Waals surface area contributed by atoms with E-state index in [1.165, 1.54) is 7.11 Å². The van der Waals surface area contributed by atoms with Gasteiger partial charge < -0.3 is 10.1 Å². The molecule has 0 saturated heterocycles. The van der Waals surface area contributed by atoms with E-state index in [9.17, 15) is 4.79 Å². The molecule has 1 atom stereocenters. The first-order valence-corrected chi connectivity index (χ1v) is 6.19. The van der Waals surface area contributed by atoms with Crippen LogP contribution in [0.15, 0.2) is 0 Å². The fourth-order valence-electron chi connectivity index (χ4n) is 1.05. The van der Waals surface area contributed by atoms with Crippen molar-refractivity contribution in [2.24, 2.45) is 0 Å². The van der Waals surface area contributed by atoms with E-state index in [2.05, 4.69) is 22.3 Å². The molecule has 0 radical (unpaired) electrons. The largest absolute Gasteiger partial charge is 0.453 e. The molecule has 0 aliphatic heterocycles. The molecule has 0 aromatic heterocycles. The van der Waals surface area contributed by atoms with Gasteiger partial charge in [0.1, 0.15) is 6.17 Å². The number of hydrogen-bond acceptors (Lipinski definition) is 3. The van der Waals surface area contributed by atoms with Gasteiger partial charge in [-0.2, -0.15) is 0 Å². The Morgan fingerprint density at radius 3 is 2.44 bits per heavy atom. The lowest BCUT2D eigenvalue weighted by molar-refractivity contribution is 0.164. The van der Waals surface area contributed by atoms with Gasteiger partial charge in [0.25, 0.3) is 0 Å². The first kappa shape index (κ1) is 16.1. The summed E-state index contributed by atoms with van der Waals surface area (Å²) in [5, 5.41) is 5.37. The van der Waals surface area contributed by atoms with Crippen LogP contribution in [-0.2, 0) is 4.74 Å². The van der Waals surface area contributed by atoms with Crippen LogP contribution in [0.4, 0.5) is 4.79 Å². The predicted molar refractivity (Wildman–Crippen MR) is 67.1 cm³/mol. The summed E-state index contributed by atoms with van der Waals surface area (Å²) in [5.74, 6) is 0. The van der Waals surface area contributed by atoms with Crippen molar-refractivity contribution < 1.29 is 9.53 Å². The summed E-state index contributed by atoms with van der Waals surface area (Å²) < 4.78 is 2.83. The van der Waals surface area contributed by atoms with Gasteiger partial charge in [0, 0.05) is 0 Å². The summed E-state index contributed by atoms with van der Waals surface area (Å²) >= 11 is 17.1. The first-order valence-electron chi connectivity index (χ1n) is 5.06. The topological polar surface area (TPSA) is 50.4 Å². The average molecular weight is 292 g/mol. The van der Waals surface area contributed by atoms with Crippen LogP contribution < -0.4 is 10.6 Å². The highest BCUT2D eigenvalue weighted by molar-refractivity contribution is 6.68. The molecule has 1 unspecified atom stereocenters. The Kier molecular flexibility index (Phi) is 8.28. The molecule has 0 spiro atoms. The Morgan fingerprint density at radius 1 is 1.38 bits per heavy atom. The number of rotatable bonds is 6. The van der Waals surface area contributed by atoms with Crippen molar-refractivity contribution in [2.45, 2.75) is 36.1 Å². The van der Waals surface area contributed by atoms with Gasteiger partial charge in [0.15, 0.2) is 0 Å². The number of unbranched alkanes of at least 4 members (excludes halogenated alkanes) is 2. The SMILES string of the molecule is CCCCCNC(NC(=O)OC)C(Cl)(Cl)Cl. The smallest absolute Gasteiger partial charge is 0.408 e. The highest BCUT2D eigenvalue weighted by Crippen LogP contribution is 2.29. The third-order valence-electron chi connectivity index (χ3n) is 1.90. The normalized spacial score (nSPS) is 13.3. The van der Waals surface area contributed by atoms with Crippen LogP contribution >= 0.6 is 34.8 Å². The molecule has 0 heterocycles. The van der Waals surface area contributed by atoms with Gasteiger partial charge in [-0.1, -0.05) is 54.6 Å². The molecule has 4 nitrogen and oxygen atoms in total. The zero-order valence-electron chi connectivity index (χ0n) is 9.36. The lowest BCUT2D eigenvalue weighted by Gasteiger charge is -2.25. The van der Waals surface area contributed by atoms with Crippen LogP contribution in [0, 0.1) is 0 Å². The van der Waals surface area contributed by atoms with Crippen LogP contribution in [0.25, 0.3) is 0 Å².